The van der Waals surface area contributed by atoms with E-state index in [0.717, 1.165) is 22.5 Å². The molecule has 182 valence electrons. The zero-order chi connectivity index (χ0) is 25.1. The van der Waals surface area contributed by atoms with Crippen molar-refractivity contribution in [2.45, 2.75) is 33.4 Å². The molecule has 4 heterocycles. The molecule has 0 aliphatic rings. The van der Waals surface area contributed by atoms with Crippen LogP contribution in [0.4, 0.5) is 0 Å². The maximum atomic E-state index is 13.1. The number of fused-ring (bicyclic) bond motifs is 1. The largest absolute Gasteiger partial charge is 0.487 e. The second-order valence-electron chi connectivity index (χ2n) is 8.91. The summed E-state index contributed by atoms with van der Waals surface area (Å²) < 4.78 is 13.4. The van der Waals surface area contributed by atoms with Crippen LogP contribution < -0.4 is 10.1 Å². The minimum absolute atomic E-state index is 0.0257. The van der Waals surface area contributed by atoms with Crippen LogP contribution in [0.15, 0.2) is 77.8 Å². The van der Waals surface area contributed by atoms with E-state index in [1.807, 2.05) is 55.8 Å². The molecule has 0 saturated carbocycles. The van der Waals surface area contributed by atoms with E-state index in [2.05, 4.69) is 25.4 Å². The monoisotopic (exact) mass is 482 g/mol. The van der Waals surface area contributed by atoms with Crippen LogP contribution in [-0.4, -0.2) is 30.4 Å². The minimum Gasteiger partial charge on any atom is -0.487 e. The molecule has 5 aromatic rings. The van der Waals surface area contributed by atoms with Crippen molar-refractivity contribution in [1.29, 1.82) is 0 Å². The van der Waals surface area contributed by atoms with Gasteiger partial charge in [-0.15, -0.1) is 0 Å². The van der Waals surface area contributed by atoms with Gasteiger partial charge in [-0.05, 0) is 54.8 Å². The average molecular weight is 483 g/mol. The molecule has 0 aliphatic carbocycles. The summed E-state index contributed by atoms with van der Waals surface area (Å²) >= 11 is 0. The Bertz CT molecular complexity index is 1490. The Balaban J connectivity index is 1.27. The van der Waals surface area contributed by atoms with E-state index < -0.39 is 6.04 Å². The first-order chi connectivity index (χ1) is 17.5. The highest BCUT2D eigenvalue weighted by atomic mass is 16.5. The molecule has 1 unspecified atom stereocenters. The molecule has 4 aromatic heterocycles. The number of carbonyl (C=O) groups is 1. The molecule has 9 nitrogen and oxygen atoms in total. The first kappa shape index (κ1) is 23.2. The summed E-state index contributed by atoms with van der Waals surface area (Å²) in [6, 6.07) is 14.2. The number of nitrogens with one attached hydrogen (secondary N) is 1. The van der Waals surface area contributed by atoms with E-state index in [9.17, 15) is 4.79 Å². The van der Waals surface area contributed by atoms with Crippen molar-refractivity contribution in [3.05, 3.63) is 96.0 Å². The molecular formula is C27H26N6O3. The maximum absolute atomic E-state index is 13.1. The molecule has 1 amide bonds. The van der Waals surface area contributed by atoms with Gasteiger partial charge in [0.2, 0.25) is 11.7 Å². The first-order valence-corrected chi connectivity index (χ1v) is 11.7. The summed E-state index contributed by atoms with van der Waals surface area (Å²) in [5, 5.41) is 7.08. The number of benzene rings is 1. The van der Waals surface area contributed by atoms with Crippen molar-refractivity contribution in [2.24, 2.45) is 5.92 Å². The van der Waals surface area contributed by atoms with E-state index in [-0.39, 0.29) is 11.8 Å². The third kappa shape index (κ3) is 5.10. The Morgan fingerprint density at radius 2 is 1.92 bits per heavy atom. The second kappa shape index (κ2) is 9.99. The third-order valence-corrected chi connectivity index (χ3v) is 5.73. The van der Waals surface area contributed by atoms with E-state index >= 15 is 0 Å². The summed E-state index contributed by atoms with van der Waals surface area (Å²) in [4.78, 5) is 26.2. The summed E-state index contributed by atoms with van der Waals surface area (Å²) in [6.45, 7) is 6.29. The fraction of sp³-hybridized carbons (Fsp3) is 0.222. The van der Waals surface area contributed by atoms with Crippen LogP contribution in [0, 0.1) is 12.8 Å². The molecule has 0 saturated heterocycles. The highest BCUT2D eigenvalue weighted by molar-refractivity contribution is 5.94. The zero-order valence-electron chi connectivity index (χ0n) is 20.3. The summed E-state index contributed by atoms with van der Waals surface area (Å²) in [6.07, 6.45) is 7.29. The Hall–Kier alpha value is -4.53. The molecule has 1 atom stereocenters. The standard InChI is InChI=1S/C27H26N6O3/c1-17(2)24(27-31-25(32-36-27)19-9-11-28-12-10-19)30-26(34)20-5-4-6-22(13-20)35-16-21-15-33-14-18(3)7-8-23(33)29-21/h4-15,17,24H,16H2,1-3H3,(H,30,34). The quantitative estimate of drug-likeness (QED) is 0.339. The summed E-state index contributed by atoms with van der Waals surface area (Å²) in [7, 11) is 0. The molecule has 1 N–H and O–H groups in total. The van der Waals surface area contributed by atoms with Crippen molar-refractivity contribution in [2.75, 3.05) is 0 Å². The Kier molecular flexibility index (Phi) is 6.44. The molecule has 0 bridgehead atoms. The third-order valence-electron chi connectivity index (χ3n) is 5.73. The number of aryl methyl sites for hydroxylation is 1. The van der Waals surface area contributed by atoms with Crippen LogP contribution in [0.2, 0.25) is 0 Å². The van der Waals surface area contributed by atoms with Crippen molar-refractivity contribution >= 4 is 11.6 Å². The van der Waals surface area contributed by atoms with Crippen molar-refractivity contribution in [3.8, 4) is 17.1 Å². The fourth-order valence-corrected chi connectivity index (χ4v) is 3.83. The van der Waals surface area contributed by atoms with Gasteiger partial charge in [0.05, 0.1) is 5.69 Å². The molecule has 5 rings (SSSR count). The number of hydrogen-bond donors (Lipinski definition) is 1. The number of rotatable bonds is 8. The fourth-order valence-electron chi connectivity index (χ4n) is 3.83. The highest BCUT2D eigenvalue weighted by Crippen LogP contribution is 2.24. The van der Waals surface area contributed by atoms with Gasteiger partial charge in [0, 0.05) is 35.9 Å². The van der Waals surface area contributed by atoms with Crippen molar-refractivity contribution in [1.82, 2.24) is 29.8 Å². The second-order valence-corrected chi connectivity index (χ2v) is 8.91. The molecule has 0 aliphatic heterocycles. The smallest absolute Gasteiger partial charge is 0.252 e. The van der Waals surface area contributed by atoms with Gasteiger partial charge in [-0.1, -0.05) is 31.1 Å². The average Bonchev–Trinajstić information content (AvgIpc) is 3.53. The van der Waals surface area contributed by atoms with E-state index in [1.54, 1.807) is 42.7 Å². The molecule has 9 heteroatoms. The Morgan fingerprint density at radius 1 is 1.08 bits per heavy atom. The minimum atomic E-state index is -0.452. The summed E-state index contributed by atoms with van der Waals surface area (Å²) in [5.41, 5.74) is 4.08. The molecule has 0 fully saturated rings. The number of ether oxygens (including phenoxy) is 1. The lowest BCUT2D eigenvalue weighted by molar-refractivity contribution is 0.0913. The SMILES string of the molecule is Cc1ccc2nc(COc3cccc(C(=O)NC(c4nc(-c5ccncc5)no4)C(C)C)c3)cn2c1. The highest BCUT2D eigenvalue weighted by Gasteiger charge is 2.25. The molecule has 1 aromatic carbocycles. The number of pyridine rings is 2. The number of nitrogens with zero attached hydrogens (tertiary/aromatic N) is 5. The number of imidazole rings is 1. The van der Waals surface area contributed by atoms with Gasteiger partial charge < -0.3 is 19.0 Å². The Labute approximate surface area is 208 Å². The van der Waals surface area contributed by atoms with Crippen LogP contribution in [-0.2, 0) is 6.61 Å². The predicted octanol–water partition coefficient (Wildman–Crippen LogP) is 4.79. The van der Waals surface area contributed by atoms with E-state index in [0.29, 0.717) is 29.6 Å². The lowest BCUT2D eigenvalue weighted by Crippen LogP contribution is -2.32. The van der Waals surface area contributed by atoms with Crippen LogP contribution >= 0.6 is 0 Å². The normalized spacial score (nSPS) is 12.1. The van der Waals surface area contributed by atoms with Gasteiger partial charge in [-0.3, -0.25) is 9.78 Å². The van der Waals surface area contributed by atoms with Gasteiger partial charge in [-0.25, -0.2) is 4.98 Å². The molecule has 36 heavy (non-hydrogen) atoms. The number of carbonyl (C=O) groups excluding carboxylic acids is 1. The maximum Gasteiger partial charge on any atom is 0.252 e. The van der Waals surface area contributed by atoms with Crippen LogP contribution in [0.3, 0.4) is 0 Å². The van der Waals surface area contributed by atoms with Crippen molar-refractivity contribution in [3.63, 3.8) is 0 Å². The number of amides is 1. The van der Waals surface area contributed by atoms with Gasteiger partial charge in [0.1, 0.15) is 24.0 Å². The number of aromatic nitrogens is 5. The molecule has 0 spiro atoms. The lowest BCUT2D eigenvalue weighted by atomic mass is 10.0. The Morgan fingerprint density at radius 3 is 2.72 bits per heavy atom. The van der Waals surface area contributed by atoms with Gasteiger partial charge >= 0.3 is 0 Å². The van der Waals surface area contributed by atoms with Crippen LogP contribution in [0.1, 0.15) is 47.4 Å². The van der Waals surface area contributed by atoms with Gasteiger partial charge in [0.15, 0.2) is 0 Å². The van der Waals surface area contributed by atoms with E-state index in [4.69, 9.17) is 9.26 Å². The predicted molar refractivity (Wildman–Crippen MR) is 133 cm³/mol. The van der Waals surface area contributed by atoms with E-state index in [1.165, 1.54) is 0 Å². The van der Waals surface area contributed by atoms with Crippen LogP contribution in [0.25, 0.3) is 17.0 Å². The molecular weight excluding hydrogens is 456 g/mol. The lowest BCUT2D eigenvalue weighted by Gasteiger charge is -2.18. The zero-order valence-corrected chi connectivity index (χ0v) is 20.3. The molecule has 0 radical (unpaired) electrons. The topological polar surface area (TPSA) is 107 Å². The first-order valence-electron chi connectivity index (χ1n) is 11.7. The van der Waals surface area contributed by atoms with Crippen LogP contribution in [0.5, 0.6) is 5.75 Å². The number of hydrogen-bond acceptors (Lipinski definition) is 7. The van der Waals surface area contributed by atoms with Gasteiger partial charge in [-0.2, -0.15) is 4.98 Å². The van der Waals surface area contributed by atoms with Gasteiger partial charge in [0.25, 0.3) is 5.91 Å². The van der Waals surface area contributed by atoms with Crippen molar-refractivity contribution < 1.29 is 14.1 Å². The summed E-state index contributed by atoms with van der Waals surface area (Å²) in [5.74, 6) is 1.14.